The van der Waals surface area contributed by atoms with Gasteiger partial charge in [-0.05, 0) is 48.5 Å². The van der Waals surface area contributed by atoms with Gasteiger partial charge in [-0.2, -0.15) is 0 Å². The van der Waals surface area contributed by atoms with Crippen molar-refractivity contribution in [3.8, 4) is 0 Å². The van der Waals surface area contributed by atoms with E-state index < -0.39 is 23.6 Å². The summed E-state index contributed by atoms with van der Waals surface area (Å²) in [6.45, 7) is 0. The van der Waals surface area contributed by atoms with E-state index in [9.17, 15) is 18.8 Å². The number of ether oxygens (including phenoxy) is 1. The topological polar surface area (TPSA) is 97.4 Å². The number of pyridine rings is 1. The van der Waals surface area contributed by atoms with Crippen LogP contribution >= 0.6 is 0 Å². The number of carbonyl (C=O) groups is 3. The molecule has 0 aliphatic rings. The molecule has 0 radical (unpaired) electrons. The normalized spacial score (nSPS) is 10.1. The first kappa shape index (κ1) is 19.7. The van der Waals surface area contributed by atoms with Crippen LogP contribution in [0.3, 0.4) is 0 Å². The first-order valence-electron chi connectivity index (χ1n) is 8.49. The number of carbonyl (C=O) groups excluding carboxylic acids is 3. The smallest absolute Gasteiger partial charge is 0.337 e. The van der Waals surface area contributed by atoms with Crippen molar-refractivity contribution in [2.45, 2.75) is 0 Å². The molecular weight excluding hydrogens is 377 g/mol. The number of nitrogens with one attached hydrogen (secondary N) is 2. The lowest BCUT2D eigenvalue weighted by Crippen LogP contribution is -2.18. The van der Waals surface area contributed by atoms with Crippen LogP contribution in [0.15, 0.2) is 66.9 Å². The summed E-state index contributed by atoms with van der Waals surface area (Å²) in [6.07, 6.45) is 1.47. The molecule has 0 spiro atoms. The van der Waals surface area contributed by atoms with E-state index in [2.05, 4.69) is 20.4 Å². The number of hydrogen-bond donors (Lipinski definition) is 2. The molecule has 2 amide bonds. The van der Waals surface area contributed by atoms with Crippen LogP contribution in [0.25, 0.3) is 0 Å². The monoisotopic (exact) mass is 393 g/mol. The third-order valence-electron chi connectivity index (χ3n) is 3.92. The molecule has 0 aliphatic heterocycles. The van der Waals surface area contributed by atoms with Gasteiger partial charge in [0.1, 0.15) is 11.5 Å². The number of methoxy groups -OCH3 is 1. The molecule has 29 heavy (non-hydrogen) atoms. The fourth-order valence-corrected chi connectivity index (χ4v) is 2.51. The minimum absolute atomic E-state index is 0.0581. The Morgan fingerprint density at radius 3 is 2.34 bits per heavy atom. The van der Waals surface area contributed by atoms with Crippen LogP contribution in [0.5, 0.6) is 0 Å². The molecule has 3 aromatic rings. The lowest BCUT2D eigenvalue weighted by Gasteiger charge is -2.13. The van der Waals surface area contributed by atoms with Gasteiger partial charge in [-0.15, -0.1) is 0 Å². The van der Waals surface area contributed by atoms with Gasteiger partial charge in [0.25, 0.3) is 11.8 Å². The molecule has 0 saturated heterocycles. The number of anilines is 2. The van der Waals surface area contributed by atoms with Crippen LogP contribution in [-0.2, 0) is 4.74 Å². The van der Waals surface area contributed by atoms with Crippen LogP contribution in [0.2, 0.25) is 0 Å². The molecule has 0 saturated carbocycles. The van der Waals surface area contributed by atoms with E-state index >= 15 is 0 Å². The molecule has 0 unspecified atom stereocenters. The second-order valence-corrected chi connectivity index (χ2v) is 5.89. The summed E-state index contributed by atoms with van der Waals surface area (Å²) in [4.78, 5) is 40.5. The molecule has 2 aromatic carbocycles. The predicted octanol–water partition coefficient (Wildman–Crippen LogP) is 3.51. The minimum Gasteiger partial charge on any atom is -0.465 e. The standard InChI is InChI=1S/C21H16FN3O4/c1-29-21(28)14-6-4-5-13(11-14)19(26)25-18-12-15(22)8-9-16(18)24-20(27)17-7-2-3-10-23-17/h2-12H,1H3,(H,24,27)(H,25,26). The molecule has 0 atom stereocenters. The van der Waals surface area contributed by atoms with Gasteiger partial charge in [0.2, 0.25) is 0 Å². The predicted molar refractivity (Wildman–Crippen MR) is 104 cm³/mol. The summed E-state index contributed by atoms with van der Waals surface area (Å²) in [7, 11) is 1.23. The first-order chi connectivity index (χ1) is 14.0. The zero-order chi connectivity index (χ0) is 20.8. The molecule has 3 rings (SSSR count). The highest BCUT2D eigenvalue weighted by Gasteiger charge is 2.15. The Kier molecular flexibility index (Phi) is 5.94. The van der Waals surface area contributed by atoms with Gasteiger partial charge >= 0.3 is 5.97 Å². The first-order valence-corrected chi connectivity index (χ1v) is 8.49. The molecule has 1 heterocycles. The number of benzene rings is 2. The lowest BCUT2D eigenvalue weighted by atomic mass is 10.1. The van der Waals surface area contributed by atoms with Crippen LogP contribution < -0.4 is 10.6 Å². The SMILES string of the molecule is COC(=O)c1cccc(C(=O)Nc2cc(F)ccc2NC(=O)c2ccccn2)c1. The maximum Gasteiger partial charge on any atom is 0.337 e. The summed E-state index contributed by atoms with van der Waals surface area (Å²) in [6, 6.07) is 14.3. The Labute approximate surface area is 165 Å². The van der Waals surface area contributed by atoms with Crippen molar-refractivity contribution in [1.29, 1.82) is 0 Å². The highest BCUT2D eigenvalue weighted by Crippen LogP contribution is 2.24. The van der Waals surface area contributed by atoms with Crippen molar-refractivity contribution >= 4 is 29.2 Å². The van der Waals surface area contributed by atoms with Gasteiger partial charge in [0.05, 0.1) is 24.0 Å². The number of nitrogens with zero attached hydrogens (tertiary/aromatic N) is 1. The van der Waals surface area contributed by atoms with E-state index in [-0.39, 0.29) is 28.2 Å². The van der Waals surface area contributed by atoms with Gasteiger partial charge in [0, 0.05) is 11.8 Å². The van der Waals surface area contributed by atoms with Crippen molar-refractivity contribution in [2.24, 2.45) is 0 Å². The highest BCUT2D eigenvalue weighted by atomic mass is 19.1. The number of esters is 1. The quantitative estimate of drug-likeness (QED) is 0.647. The summed E-state index contributed by atoms with van der Waals surface area (Å²) in [5.41, 5.74) is 0.782. The molecule has 0 aliphatic carbocycles. The fourth-order valence-electron chi connectivity index (χ4n) is 2.51. The molecular formula is C21H16FN3O4. The number of aromatic nitrogens is 1. The number of halogens is 1. The summed E-state index contributed by atoms with van der Waals surface area (Å²) in [5, 5.41) is 5.14. The fraction of sp³-hybridized carbons (Fsp3) is 0.0476. The molecule has 146 valence electrons. The summed E-state index contributed by atoms with van der Waals surface area (Å²) < 4.78 is 18.4. The molecule has 8 heteroatoms. The van der Waals surface area contributed by atoms with Crippen LogP contribution in [0.1, 0.15) is 31.2 Å². The van der Waals surface area contributed by atoms with E-state index in [1.165, 1.54) is 49.7 Å². The average Bonchev–Trinajstić information content (AvgIpc) is 2.75. The second-order valence-electron chi connectivity index (χ2n) is 5.89. The Balaban J connectivity index is 1.84. The van der Waals surface area contributed by atoms with Crippen molar-refractivity contribution < 1.29 is 23.5 Å². The molecule has 0 fully saturated rings. The van der Waals surface area contributed by atoms with Crippen molar-refractivity contribution in [3.63, 3.8) is 0 Å². The Hall–Kier alpha value is -4.07. The van der Waals surface area contributed by atoms with E-state index in [1.54, 1.807) is 12.1 Å². The summed E-state index contributed by atoms with van der Waals surface area (Å²) >= 11 is 0. The Morgan fingerprint density at radius 2 is 1.62 bits per heavy atom. The van der Waals surface area contributed by atoms with Gasteiger partial charge in [-0.3, -0.25) is 14.6 Å². The number of hydrogen-bond acceptors (Lipinski definition) is 5. The van der Waals surface area contributed by atoms with E-state index in [4.69, 9.17) is 0 Å². The van der Waals surface area contributed by atoms with E-state index in [1.807, 2.05) is 0 Å². The van der Waals surface area contributed by atoms with Crippen LogP contribution in [0.4, 0.5) is 15.8 Å². The van der Waals surface area contributed by atoms with Gasteiger partial charge in [-0.25, -0.2) is 9.18 Å². The third-order valence-corrected chi connectivity index (χ3v) is 3.92. The second kappa shape index (κ2) is 8.75. The van der Waals surface area contributed by atoms with Gasteiger partial charge in [-0.1, -0.05) is 12.1 Å². The maximum absolute atomic E-state index is 13.7. The third kappa shape index (κ3) is 4.81. The van der Waals surface area contributed by atoms with Gasteiger partial charge < -0.3 is 15.4 Å². The minimum atomic E-state index is -0.598. The number of rotatable bonds is 5. The van der Waals surface area contributed by atoms with E-state index in [0.717, 1.165) is 12.1 Å². The lowest BCUT2D eigenvalue weighted by molar-refractivity contribution is 0.0600. The Bertz CT molecular complexity index is 1070. The molecule has 0 bridgehead atoms. The van der Waals surface area contributed by atoms with Crippen molar-refractivity contribution in [1.82, 2.24) is 4.98 Å². The molecule has 2 N–H and O–H groups in total. The number of amides is 2. The zero-order valence-electron chi connectivity index (χ0n) is 15.3. The van der Waals surface area contributed by atoms with Crippen LogP contribution in [0, 0.1) is 5.82 Å². The largest absolute Gasteiger partial charge is 0.465 e. The summed E-state index contributed by atoms with van der Waals surface area (Å²) in [5.74, 6) is -2.29. The highest BCUT2D eigenvalue weighted by molar-refractivity contribution is 6.10. The Morgan fingerprint density at radius 1 is 0.862 bits per heavy atom. The zero-order valence-corrected chi connectivity index (χ0v) is 15.3. The van der Waals surface area contributed by atoms with Crippen molar-refractivity contribution in [3.05, 3.63) is 89.5 Å². The molecule has 7 nitrogen and oxygen atoms in total. The maximum atomic E-state index is 13.7. The van der Waals surface area contributed by atoms with Crippen molar-refractivity contribution in [2.75, 3.05) is 17.7 Å². The molecule has 1 aromatic heterocycles. The van der Waals surface area contributed by atoms with Gasteiger partial charge in [0.15, 0.2) is 0 Å². The van der Waals surface area contributed by atoms with E-state index in [0.29, 0.717) is 0 Å². The van der Waals surface area contributed by atoms with Crippen LogP contribution in [-0.4, -0.2) is 29.9 Å². The average molecular weight is 393 g/mol.